The fourth-order valence-electron chi connectivity index (χ4n) is 2.75. The highest BCUT2D eigenvalue weighted by molar-refractivity contribution is 5.95. The minimum atomic E-state index is -0.694. The van der Waals surface area contributed by atoms with Crippen LogP contribution in [0.25, 0.3) is 0 Å². The van der Waals surface area contributed by atoms with Gasteiger partial charge in [0.25, 0.3) is 0 Å². The molecule has 0 aromatic heterocycles. The molecule has 136 valence electrons. The average Bonchev–Trinajstić information content (AvgIpc) is 2.57. The van der Waals surface area contributed by atoms with Crippen molar-refractivity contribution >= 4 is 12.0 Å². The molecule has 0 radical (unpaired) electrons. The molecule has 1 N–H and O–H groups in total. The van der Waals surface area contributed by atoms with E-state index in [4.69, 9.17) is 14.2 Å². The lowest BCUT2D eigenvalue weighted by Gasteiger charge is -2.34. The maximum Gasteiger partial charge on any atom is 0.338 e. The molecule has 0 unspecified atom stereocenters. The van der Waals surface area contributed by atoms with E-state index in [-0.39, 0.29) is 12.1 Å². The van der Waals surface area contributed by atoms with E-state index in [0.29, 0.717) is 28.3 Å². The number of amides is 2. The predicted molar refractivity (Wildman–Crippen MR) is 92.5 cm³/mol. The van der Waals surface area contributed by atoms with Gasteiger partial charge in [-0.05, 0) is 26.8 Å². The van der Waals surface area contributed by atoms with Crippen molar-refractivity contribution in [3.63, 3.8) is 0 Å². The number of para-hydroxylation sites is 1. The molecule has 0 saturated carbocycles. The molecule has 7 heteroatoms. The van der Waals surface area contributed by atoms with Crippen LogP contribution in [0.15, 0.2) is 29.5 Å². The van der Waals surface area contributed by atoms with Crippen LogP contribution in [0.5, 0.6) is 11.5 Å². The third-order valence-electron chi connectivity index (χ3n) is 4.06. The third kappa shape index (κ3) is 3.55. The highest BCUT2D eigenvalue weighted by Crippen LogP contribution is 2.40. The van der Waals surface area contributed by atoms with Gasteiger partial charge in [-0.2, -0.15) is 0 Å². The van der Waals surface area contributed by atoms with E-state index in [2.05, 4.69) is 5.32 Å². The summed E-state index contributed by atoms with van der Waals surface area (Å²) in [5.74, 6) is 0.499. The van der Waals surface area contributed by atoms with Gasteiger partial charge in [-0.3, -0.25) is 0 Å². The smallest absolute Gasteiger partial charge is 0.338 e. The van der Waals surface area contributed by atoms with Gasteiger partial charge < -0.3 is 24.4 Å². The van der Waals surface area contributed by atoms with Crippen LogP contribution in [-0.2, 0) is 9.53 Å². The second-order valence-corrected chi connectivity index (χ2v) is 5.98. The van der Waals surface area contributed by atoms with Crippen molar-refractivity contribution in [1.82, 2.24) is 10.2 Å². The summed E-state index contributed by atoms with van der Waals surface area (Å²) >= 11 is 0. The molecular formula is C18H24N2O5. The molecule has 1 aliphatic rings. The number of hydrogen-bond donors (Lipinski definition) is 1. The quantitative estimate of drug-likeness (QED) is 0.828. The zero-order valence-electron chi connectivity index (χ0n) is 15.4. The SMILES string of the molecule is COc1cccc([C@H]2NC(=O)N(C)C(C)=C2C(=O)OC(C)C)c1OC. The van der Waals surface area contributed by atoms with Gasteiger partial charge in [0.2, 0.25) is 0 Å². The van der Waals surface area contributed by atoms with E-state index in [0.717, 1.165) is 0 Å². The molecule has 1 atom stereocenters. The molecule has 1 heterocycles. The van der Waals surface area contributed by atoms with E-state index < -0.39 is 12.0 Å². The molecule has 0 spiro atoms. The first kappa shape index (κ1) is 18.6. The van der Waals surface area contributed by atoms with Crippen molar-refractivity contribution in [2.75, 3.05) is 21.3 Å². The molecular weight excluding hydrogens is 324 g/mol. The van der Waals surface area contributed by atoms with Crippen molar-refractivity contribution < 1.29 is 23.8 Å². The number of rotatable bonds is 5. The van der Waals surface area contributed by atoms with Crippen LogP contribution in [0.4, 0.5) is 4.79 Å². The highest BCUT2D eigenvalue weighted by Gasteiger charge is 2.37. The number of carbonyl (C=O) groups excluding carboxylic acids is 2. The summed E-state index contributed by atoms with van der Waals surface area (Å²) in [4.78, 5) is 26.4. The van der Waals surface area contributed by atoms with E-state index in [1.165, 1.54) is 19.1 Å². The average molecular weight is 348 g/mol. The molecule has 7 nitrogen and oxygen atoms in total. The number of ether oxygens (including phenoxy) is 3. The Kier molecular flexibility index (Phi) is 5.56. The van der Waals surface area contributed by atoms with Gasteiger partial charge in [0, 0.05) is 18.3 Å². The minimum Gasteiger partial charge on any atom is -0.493 e. The number of allylic oxidation sites excluding steroid dienone is 1. The van der Waals surface area contributed by atoms with E-state index >= 15 is 0 Å². The largest absolute Gasteiger partial charge is 0.493 e. The molecule has 1 aromatic rings. The van der Waals surface area contributed by atoms with Gasteiger partial charge in [-0.1, -0.05) is 12.1 Å². The Morgan fingerprint density at radius 3 is 2.48 bits per heavy atom. The number of esters is 1. The summed E-state index contributed by atoms with van der Waals surface area (Å²) in [7, 11) is 4.65. The first-order valence-corrected chi connectivity index (χ1v) is 7.98. The first-order chi connectivity index (χ1) is 11.8. The molecule has 0 fully saturated rings. The van der Waals surface area contributed by atoms with Crippen LogP contribution in [0.1, 0.15) is 32.4 Å². The number of benzene rings is 1. The summed E-state index contributed by atoms with van der Waals surface area (Å²) in [5.41, 5.74) is 1.52. The van der Waals surface area contributed by atoms with Gasteiger partial charge in [0.1, 0.15) is 0 Å². The summed E-state index contributed by atoms with van der Waals surface area (Å²) < 4.78 is 16.2. The summed E-state index contributed by atoms with van der Waals surface area (Å²) in [6.45, 7) is 5.27. The first-order valence-electron chi connectivity index (χ1n) is 7.98. The van der Waals surface area contributed by atoms with Crippen molar-refractivity contribution in [1.29, 1.82) is 0 Å². The van der Waals surface area contributed by atoms with Gasteiger partial charge in [0.15, 0.2) is 11.5 Å². The predicted octanol–water partition coefficient (Wildman–Crippen LogP) is 2.63. The van der Waals surface area contributed by atoms with Gasteiger partial charge >= 0.3 is 12.0 Å². The number of nitrogens with one attached hydrogen (secondary N) is 1. The van der Waals surface area contributed by atoms with Gasteiger partial charge in [-0.15, -0.1) is 0 Å². The minimum absolute atomic E-state index is 0.274. The van der Waals surface area contributed by atoms with E-state index in [1.54, 1.807) is 46.0 Å². The number of nitrogens with zero attached hydrogens (tertiary/aromatic N) is 1. The van der Waals surface area contributed by atoms with Crippen LogP contribution in [0, 0.1) is 0 Å². The second kappa shape index (κ2) is 7.46. The Labute approximate surface area is 147 Å². The maximum atomic E-state index is 12.7. The number of urea groups is 1. The van der Waals surface area contributed by atoms with Crippen molar-refractivity contribution in [3.05, 3.63) is 35.0 Å². The molecule has 0 saturated heterocycles. The Bertz CT molecular complexity index is 711. The zero-order valence-corrected chi connectivity index (χ0v) is 15.4. The van der Waals surface area contributed by atoms with Crippen LogP contribution < -0.4 is 14.8 Å². The number of hydrogen-bond acceptors (Lipinski definition) is 5. The fraction of sp³-hybridized carbons (Fsp3) is 0.444. The third-order valence-corrected chi connectivity index (χ3v) is 4.06. The lowest BCUT2D eigenvalue weighted by molar-refractivity contribution is -0.143. The highest BCUT2D eigenvalue weighted by atomic mass is 16.5. The van der Waals surface area contributed by atoms with E-state index in [1.807, 2.05) is 0 Å². The lowest BCUT2D eigenvalue weighted by Crippen LogP contribution is -2.46. The molecule has 1 aliphatic heterocycles. The molecule has 2 amide bonds. The van der Waals surface area contributed by atoms with Crippen LogP contribution in [-0.4, -0.2) is 44.3 Å². The summed E-state index contributed by atoms with van der Waals surface area (Å²) in [5, 5.41) is 2.84. The fourth-order valence-corrected chi connectivity index (χ4v) is 2.75. The number of carbonyl (C=O) groups is 2. The summed E-state index contributed by atoms with van der Waals surface area (Å²) in [6.07, 6.45) is -0.274. The maximum absolute atomic E-state index is 12.7. The molecule has 0 aliphatic carbocycles. The monoisotopic (exact) mass is 348 g/mol. The van der Waals surface area contributed by atoms with Crippen LogP contribution >= 0.6 is 0 Å². The lowest BCUT2D eigenvalue weighted by atomic mass is 9.94. The van der Waals surface area contributed by atoms with Crippen molar-refractivity contribution in [2.24, 2.45) is 0 Å². The van der Waals surface area contributed by atoms with Crippen LogP contribution in [0.3, 0.4) is 0 Å². The van der Waals surface area contributed by atoms with Crippen LogP contribution in [0.2, 0.25) is 0 Å². The summed E-state index contributed by atoms with van der Waals surface area (Å²) in [6, 6.07) is 4.31. The Balaban J connectivity index is 2.61. The Morgan fingerprint density at radius 2 is 1.92 bits per heavy atom. The molecule has 1 aromatic carbocycles. The molecule has 2 rings (SSSR count). The second-order valence-electron chi connectivity index (χ2n) is 5.98. The Hall–Kier alpha value is -2.70. The van der Waals surface area contributed by atoms with Gasteiger partial charge in [0.05, 0.1) is 31.9 Å². The van der Waals surface area contributed by atoms with Gasteiger partial charge in [-0.25, -0.2) is 9.59 Å². The zero-order chi connectivity index (χ0) is 18.7. The van der Waals surface area contributed by atoms with Crippen molar-refractivity contribution in [3.8, 4) is 11.5 Å². The molecule has 25 heavy (non-hydrogen) atoms. The standard InChI is InChI=1S/C18H24N2O5/c1-10(2)25-17(21)14-11(3)20(4)18(22)19-15(14)12-8-7-9-13(23-5)16(12)24-6/h7-10,15H,1-6H3,(H,19,22)/t15-/m1/s1. The normalized spacial score (nSPS) is 17.5. The topological polar surface area (TPSA) is 77.1 Å². The van der Waals surface area contributed by atoms with E-state index in [9.17, 15) is 9.59 Å². The van der Waals surface area contributed by atoms with Crippen molar-refractivity contribution in [2.45, 2.75) is 32.9 Å². The number of methoxy groups -OCH3 is 2. The molecule has 0 bridgehead atoms. The Morgan fingerprint density at radius 1 is 1.24 bits per heavy atom.